The Kier molecular flexibility index (Phi) is 6.91. The van der Waals surface area contributed by atoms with Crippen LogP contribution in [0.3, 0.4) is 0 Å². The zero-order valence-corrected chi connectivity index (χ0v) is 15.5. The number of aryl methyl sites for hydroxylation is 1. The first kappa shape index (κ1) is 17.5. The Bertz CT molecular complexity index is 494. The van der Waals surface area contributed by atoms with E-state index in [1.807, 2.05) is 0 Å². The third-order valence-corrected chi connectivity index (χ3v) is 4.59. The van der Waals surface area contributed by atoms with Crippen LogP contribution >= 0.6 is 24.0 Å². The molecule has 0 saturated heterocycles. The predicted octanol–water partition coefficient (Wildman–Crippen LogP) is 1.87. The summed E-state index contributed by atoms with van der Waals surface area (Å²) in [5.74, 6) is 3.55. The zero-order valence-electron chi connectivity index (χ0n) is 13.1. The maximum atomic E-state index is 5.90. The molecule has 1 fully saturated rings. The van der Waals surface area contributed by atoms with Crippen molar-refractivity contribution in [2.75, 3.05) is 13.1 Å². The average molecular weight is 418 g/mol. The van der Waals surface area contributed by atoms with Gasteiger partial charge in [0.2, 0.25) is 0 Å². The number of aliphatic imine (C=N–C) groups is 1. The summed E-state index contributed by atoms with van der Waals surface area (Å²) in [6, 6.07) is 0. The number of fused-ring (bicyclic) bond motifs is 1. The molecule has 0 radical (unpaired) electrons. The highest BCUT2D eigenvalue weighted by atomic mass is 127. The van der Waals surface area contributed by atoms with Crippen LogP contribution in [0.4, 0.5) is 0 Å². The Labute approximate surface area is 149 Å². The van der Waals surface area contributed by atoms with Crippen LogP contribution in [0.15, 0.2) is 4.99 Å². The molecule has 1 aromatic rings. The van der Waals surface area contributed by atoms with Gasteiger partial charge >= 0.3 is 0 Å². The van der Waals surface area contributed by atoms with Gasteiger partial charge in [0.1, 0.15) is 11.6 Å². The van der Waals surface area contributed by atoms with Gasteiger partial charge in [-0.1, -0.05) is 12.8 Å². The van der Waals surface area contributed by atoms with Crippen LogP contribution in [-0.4, -0.2) is 33.8 Å². The number of halogens is 1. The second kappa shape index (κ2) is 8.69. The van der Waals surface area contributed by atoms with Crippen LogP contribution in [0.5, 0.6) is 0 Å². The minimum absolute atomic E-state index is 0. The summed E-state index contributed by atoms with van der Waals surface area (Å²) in [4.78, 5) is 4.41. The number of nitrogens with one attached hydrogen (secondary N) is 1. The lowest BCUT2D eigenvalue weighted by Crippen LogP contribution is -2.34. The van der Waals surface area contributed by atoms with Gasteiger partial charge in [0.15, 0.2) is 5.96 Å². The fourth-order valence-corrected chi connectivity index (χ4v) is 2.99. The van der Waals surface area contributed by atoms with Crippen LogP contribution < -0.4 is 11.1 Å². The van der Waals surface area contributed by atoms with Crippen LogP contribution in [0.1, 0.15) is 50.2 Å². The minimum atomic E-state index is 0. The molecule has 0 unspecified atom stereocenters. The Hall–Kier alpha value is -0.860. The van der Waals surface area contributed by atoms with Crippen LogP contribution in [0.2, 0.25) is 0 Å². The number of guanidine groups is 1. The van der Waals surface area contributed by atoms with Gasteiger partial charge in [0, 0.05) is 32.5 Å². The molecule has 0 bridgehead atoms. The average Bonchev–Trinajstić information content (AvgIpc) is 2.66. The van der Waals surface area contributed by atoms with Gasteiger partial charge < -0.3 is 15.6 Å². The van der Waals surface area contributed by atoms with Gasteiger partial charge in [-0.2, -0.15) is 0 Å². The van der Waals surface area contributed by atoms with E-state index >= 15 is 0 Å². The van der Waals surface area contributed by atoms with E-state index in [4.69, 9.17) is 5.73 Å². The highest BCUT2D eigenvalue weighted by Gasteiger charge is 2.16. The van der Waals surface area contributed by atoms with E-state index in [-0.39, 0.29) is 24.0 Å². The molecule has 1 aliphatic heterocycles. The largest absolute Gasteiger partial charge is 0.370 e. The Morgan fingerprint density at radius 1 is 1.23 bits per heavy atom. The smallest absolute Gasteiger partial charge is 0.188 e. The molecule has 2 aliphatic rings. The van der Waals surface area contributed by atoms with Crippen LogP contribution in [0.25, 0.3) is 0 Å². The van der Waals surface area contributed by atoms with E-state index in [9.17, 15) is 0 Å². The lowest BCUT2D eigenvalue weighted by molar-refractivity contribution is 0.326. The first-order valence-electron chi connectivity index (χ1n) is 8.27. The lowest BCUT2D eigenvalue weighted by Gasteiger charge is -2.23. The van der Waals surface area contributed by atoms with Crippen molar-refractivity contribution in [3.8, 4) is 0 Å². The maximum Gasteiger partial charge on any atom is 0.188 e. The highest BCUT2D eigenvalue weighted by Crippen LogP contribution is 2.26. The molecule has 0 aromatic carbocycles. The molecule has 0 spiro atoms. The summed E-state index contributed by atoms with van der Waals surface area (Å²) in [6.07, 6.45) is 9.64. The van der Waals surface area contributed by atoms with Gasteiger partial charge in [-0.15, -0.1) is 34.2 Å². The summed E-state index contributed by atoms with van der Waals surface area (Å²) in [5.41, 5.74) is 5.90. The quantitative estimate of drug-likeness (QED) is 0.435. The highest BCUT2D eigenvalue weighted by molar-refractivity contribution is 14.0. The normalized spacial score (nSPS) is 18.8. The first-order chi connectivity index (χ1) is 10.3. The molecule has 0 atom stereocenters. The topological polar surface area (TPSA) is 81.1 Å². The molecule has 0 amide bonds. The Morgan fingerprint density at radius 2 is 2.09 bits per heavy atom. The molecular weight excluding hydrogens is 391 g/mol. The minimum Gasteiger partial charge on any atom is -0.370 e. The molecule has 124 valence electrons. The number of aromatic nitrogens is 3. The molecule has 7 heteroatoms. The van der Waals surface area contributed by atoms with Crippen molar-refractivity contribution in [2.45, 2.75) is 57.9 Å². The molecule has 1 saturated carbocycles. The van der Waals surface area contributed by atoms with E-state index in [2.05, 4.69) is 25.1 Å². The van der Waals surface area contributed by atoms with Crippen LogP contribution in [-0.2, 0) is 19.4 Å². The monoisotopic (exact) mass is 418 g/mol. The maximum absolute atomic E-state index is 5.90. The number of hydrogen-bond donors (Lipinski definition) is 2. The van der Waals surface area contributed by atoms with Crippen molar-refractivity contribution in [1.29, 1.82) is 0 Å². The van der Waals surface area contributed by atoms with Crippen molar-refractivity contribution in [1.82, 2.24) is 20.1 Å². The summed E-state index contributed by atoms with van der Waals surface area (Å²) < 4.78 is 2.29. The van der Waals surface area contributed by atoms with Gasteiger partial charge in [-0.05, 0) is 31.6 Å². The molecule has 22 heavy (non-hydrogen) atoms. The lowest BCUT2D eigenvalue weighted by atomic mass is 9.86. The fraction of sp³-hybridized carbons (Fsp3) is 0.800. The van der Waals surface area contributed by atoms with Gasteiger partial charge in [-0.25, -0.2) is 0 Å². The molecular formula is C15H27IN6. The van der Waals surface area contributed by atoms with Gasteiger partial charge in [-0.3, -0.25) is 4.99 Å². The van der Waals surface area contributed by atoms with E-state index in [1.165, 1.54) is 38.5 Å². The number of nitrogens with zero attached hydrogens (tertiary/aromatic N) is 4. The SMILES string of the molecule is I.NC(=NCC1CCC1)NCCc1nnc2n1CCCCC2. The second-order valence-electron chi connectivity index (χ2n) is 6.19. The van der Waals surface area contributed by atoms with E-state index in [0.717, 1.165) is 50.0 Å². The number of nitrogens with two attached hydrogens (primary N) is 1. The zero-order chi connectivity index (χ0) is 14.5. The van der Waals surface area contributed by atoms with Crippen molar-refractivity contribution in [3.05, 3.63) is 11.6 Å². The summed E-state index contributed by atoms with van der Waals surface area (Å²) in [6.45, 7) is 2.71. The molecule has 1 aromatic heterocycles. The fourth-order valence-electron chi connectivity index (χ4n) is 2.99. The first-order valence-corrected chi connectivity index (χ1v) is 8.27. The summed E-state index contributed by atoms with van der Waals surface area (Å²) in [7, 11) is 0. The molecule has 3 rings (SSSR count). The van der Waals surface area contributed by atoms with E-state index < -0.39 is 0 Å². The third-order valence-electron chi connectivity index (χ3n) is 4.59. The molecule has 6 nitrogen and oxygen atoms in total. The van der Waals surface area contributed by atoms with Crippen molar-refractivity contribution < 1.29 is 0 Å². The van der Waals surface area contributed by atoms with Crippen molar-refractivity contribution >= 4 is 29.9 Å². The van der Waals surface area contributed by atoms with Gasteiger partial charge in [0.05, 0.1) is 0 Å². The van der Waals surface area contributed by atoms with Crippen molar-refractivity contribution in [3.63, 3.8) is 0 Å². The predicted molar refractivity (Wildman–Crippen MR) is 98.5 cm³/mol. The molecule has 2 heterocycles. The van der Waals surface area contributed by atoms with Crippen molar-refractivity contribution in [2.24, 2.45) is 16.6 Å². The standard InChI is InChI=1S/C15H26N6.HI/c16-15(18-11-12-5-4-6-12)17-9-8-14-20-19-13-7-2-1-3-10-21(13)14;/h12H,1-11H2,(H3,16,17,18);1H. The summed E-state index contributed by atoms with van der Waals surface area (Å²) >= 11 is 0. The van der Waals surface area contributed by atoms with E-state index in [0.29, 0.717) is 5.96 Å². The molecule has 1 aliphatic carbocycles. The van der Waals surface area contributed by atoms with Gasteiger partial charge in [0.25, 0.3) is 0 Å². The number of hydrogen-bond acceptors (Lipinski definition) is 3. The molecule has 3 N–H and O–H groups in total. The third kappa shape index (κ3) is 4.57. The number of rotatable bonds is 5. The summed E-state index contributed by atoms with van der Waals surface area (Å²) in [5, 5.41) is 11.8. The van der Waals surface area contributed by atoms with E-state index in [1.54, 1.807) is 0 Å². The second-order valence-corrected chi connectivity index (χ2v) is 6.19. The Balaban J connectivity index is 0.00000176. The Morgan fingerprint density at radius 3 is 2.86 bits per heavy atom. The van der Waals surface area contributed by atoms with Crippen LogP contribution in [0, 0.1) is 5.92 Å².